The molecule has 0 spiro atoms. The van der Waals surface area contributed by atoms with Crippen LogP contribution in [-0.2, 0) is 4.74 Å². The molecule has 2 rings (SSSR count). The Balaban J connectivity index is 1.78. The van der Waals surface area contributed by atoms with Gasteiger partial charge >= 0.3 is 11.9 Å². The summed E-state index contributed by atoms with van der Waals surface area (Å²) in [5, 5.41) is 0. The van der Waals surface area contributed by atoms with Gasteiger partial charge in [0.25, 0.3) is 0 Å². The van der Waals surface area contributed by atoms with Crippen LogP contribution in [0.3, 0.4) is 0 Å². The molecule has 39 heavy (non-hydrogen) atoms. The molecule has 0 atom stereocenters. The van der Waals surface area contributed by atoms with Crippen molar-refractivity contribution >= 4 is 11.9 Å². The number of benzene rings is 2. The third-order valence-corrected chi connectivity index (χ3v) is 6.91. The lowest BCUT2D eigenvalue weighted by Crippen LogP contribution is -2.15. The average Bonchev–Trinajstić information content (AvgIpc) is 2.95. The number of hydrogen-bond donors (Lipinski definition) is 0. The molecule has 0 unspecified atom stereocenters. The fourth-order valence-electron chi connectivity index (χ4n) is 4.55. The highest BCUT2D eigenvalue weighted by atomic mass is 16.6. The van der Waals surface area contributed by atoms with Crippen LogP contribution in [0, 0.1) is 0 Å². The molecule has 0 saturated carbocycles. The summed E-state index contributed by atoms with van der Waals surface area (Å²) in [5.41, 5.74) is 0.505. The molecule has 0 aliphatic carbocycles. The molecule has 0 saturated heterocycles. The van der Waals surface area contributed by atoms with E-state index in [-0.39, 0.29) is 11.1 Å². The predicted octanol–water partition coefficient (Wildman–Crippen LogP) is 9.72. The molecule has 5 heteroatoms. The summed E-state index contributed by atoms with van der Waals surface area (Å²) in [6, 6.07) is 13.9. The van der Waals surface area contributed by atoms with Crippen LogP contribution >= 0.6 is 0 Å². The van der Waals surface area contributed by atoms with Crippen LogP contribution in [0.5, 0.6) is 11.5 Å². The Bertz CT molecular complexity index is 863. The Hall–Kier alpha value is -2.82. The Labute approximate surface area is 236 Å². The monoisotopic (exact) mass is 538 g/mol. The molecule has 0 heterocycles. The smallest absolute Gasteiger partial charge is 0.349 e. The number of unbranched alkanes of at least 4 members (excludes halogenated alkanes) is 14. The second kappa shape index (κ2) is 21.1. The van der Waals surface area contributed by atoms with Gasteiger partial charge in [0.05, 0.1) is 13.2 Å². The molecule has 0 bridgehead atoms. The van der Waals surface area contributed by atoms with E-state index in [0.29, 0.717) is 24.7 Å². The van der Waals surface area contributed by atoms with E-state index >= 15 is 0 Å². The lowest BCUT2D eigenvalue weighted by atomic mass is 10.1. The predicted molar refractivity (Wildman–Crippen MR) is 159 cm³/mol. The van der Waals surface area contributed by atoms with E-state index in [9.17, 15) is 9.59 Å². The van der Waals surface area contributed by atoms with Crippen molar-refractivity contribution in [3.63, 3.8) is 0 Å². The van der Waals surface area contributed by atoms with Crippen molar-refractivity contribution in [3.05, 3.63) is 59.7 Å². The molecule has 0 aromatic heterocycles. The molecular weight excluding hydrogens is 488 g/mol. The van der Waals surface area contributed by atoms with E-state index in [1.165, 1.54) is 77.0 Å². The topological polar surface area (TPSA) is 61.8 Å². The van der Waals surface area contributed by atoms with Gasteiger partial charge in [0.2, 0.25) is 0 Å². The molecule has 0 aliphatic rings. The van der Waals surface area contributed by atoms with E-state index in [1.807, 2.05) is 12.1 Å². The van der Waals surface area contributed by atoms with Gasteiger partial charge in [-0.05, 0) is 37.1 Å². The fraction of sp³-hybridized carbons (Fsp3) is 0.588. The van der Waals surface area contributed by atoms with Crippen molar-refractivity contribution in [2.75, 3.05) is 13.2 Å². The summed E-state index contributed by atoms with van der Waals surface area (Å²) in [6.45, 7) is 5.52. The Morgan fingerprint density at radius 2 is 0.821 bits per heavy atom. The molecule has 216 valence electrons. The third kappa shape index (κ3) is 13.7. The first kappa shape index (κ1) is 32.4. The maximum absolute atomic E-state index is 12.9. The highest BCUT2D eigenvalue weighted by Crippen LogP contribution is 2.23. The number of hydrogen-bond acceptors (Lipinski definition) is 5. The minimum absolute atomic E-state index is 0.253. The number of esters is 2. The van der Waals surface area contributed by atoms with Gasteiger partial charge in [-0.15, -0.1) is 0 Å². The number of carbonyl (C=O) groups is 2. The molecule has 0 N–H and O–H groups in total. The first-order valence-corrected chi connectivity index (χ1v) is 15.4. The van der Waals surface area contributed by atoms with Crippen LogP contribution in [0.1, 0.15) is 137 Å². The van der Waals surface area contributed by atoms with Gasteiger partial charge in [-0.2, -0.15) is 0 Å². The SMILES string of the molecule is CCCCCCCCCCOc1ccccc1C(=O)OC(=O)c1ccccc1OCCCCCCCCCC. The van der Waals surface area contributed by atoms with E-state index in [2.05, 4.69) is 13.8 Å². The van der Waals surface area contributed by atoms with Gasteiger partial charge in [0.15, 0.2) is 0 Å². The summed E-state index contributed by atoms with van der Waals surface area (Å²) >= 11 is 0. The maximum Gasteiger partial charge on any atom is 0.349 e. The molecular formula is C34H50O5. The normalized spacial score (nSPS) is 10.8. The molecule has 2 aromatic carbocycles. The summed E-state index contributed by atoms with van der Waals surface area (Å²) in [4.78, 5) is 25.8. The van der Waals surface area contributed by atoms with Crippen LogP contribution in [0.25, 0.3) is 0 Å². The molecule has 2 aromatic rings. The van der Waals surface area contributed by atoms with Crippen LogP contribution in [0.2, 0.25) is 0 Å². The quantitative estimate of drug-likeness (QED) is 0.0848. The molecule has 5 nitrogen and oxygen atoms in total. The second-order valence-electron chi connectivity index (χ2n) is 10.3. The van der Waals surface area contributed by atoms with E-state index in [4.69, 9.17) is 14.2 Å². The first-order chi connectivity index (χ1) is 19.2. The van der Waals surface area contributed by atoms with Gasteiger partial charge in [0, 0.05) is 0 Å². The number of carbonyl (C=O) groups excluding carboxylic acids is 2. The molecule has 0 fully saturated rings. The standard InChI is InChI=1S/C34H50O5/c1-3-5-7-9-11-13-15-21-27-37-31-25-19-17-23-29(31)33(35)39-34(36)30-24-18-20-26-32(30)38-28-22-16-14-12-10-8-6-4-2/h17-20,23-26H,3-16,21-22,27-28H2,1-2H3. The molecule has 0 aliphatic heterocycles. The number of ether oxygens (including phenoxy) is 3. The first-order valence-electron chi connectivity index (χ1n) is 15.4. The van der Waals surface area contributed by atoms with Gasteiger partial charge in [0.1, 0.15) is 22.6 Å². The largest absolute Gasteiger partial charge is 0.493 e. The lowest BCUT2D eigenvalue weighted by Gasteiger charge is -2.12. The third-order valence-electron chi connectivity index (χ3n) is 6.91. The summed E-state index contributed by atoms with van der Waals surface area (Å²) < 4.78 is 17.0. The van der Waals surface area contributed by atoms with Gasteiger partial charge in [-0.25, -0.2) is 9.59 Å². The van der Waals surface area contributed by atoms with Crippen LogP contribution < -0.4 is 9.47 Å². The van der Waals surface area contributed by atoms with Gasteiger partial charge in [-0.3, -0.25) is 0 Å². The maximum atomic E-state index is 12.9. The second-order valence-corrected chi connectivity index (χ2v) is 10.3. The summed E-state index contributed by atoms with van der Waals surface area (Å²) in [6.07, 6.45) is 19.4. The molecule has 0 radical (unpaired) electrons. The van der Waals surface area contributed by atoms with E-state index in [0.717, 1.165) is 25.7 Å². The number of rotatable bonds is 22. The average molecular weight is 539 g/mol. The highest BCUT2D eigenvalue weighted by Gasteiger charge is 2.21. The summed E-state index contributed by atoms with van der Waals surface area (Å²) in [7, 11) is 0. The van der Waals surface area contributed by atoms with E-state index in [1.54, 1.807) is 36.4 Å². The van der Waals surface area contributed by atoms with Gasteiger partial charge < -0.3 is 14.2 Å². The Morgan fingerprint density at radius 1 is 0.487 bits per heavy atom. The fourth-order valence-corrected chi connectivity index (χ4v) is 4.55. The van der Waals surface area contributed by atoms with E-state index < -0.39 is 11.9 Å². The van der Waals surface area contributed by atoms with Crippen LogP contribution in [0.4, 0.5) is 0 Å². The van der Waals surface area contributed by atoms with Crippen molar-refractivity contribution in [2.24, 2.45) is 0 Å². The summed E-state index contributed by atoms with van der Waals surface area (Å²) in [5.74, 6) is -0.552. The van der Waals surface area contributed by atoms with Crippen LogP contribution in [-0.4, -0.2) is 25.2 Å². The van der Waals surface area contributed by atoms with Crippen LogP contribution in [0.15, 0.2) is 48.5 Å². The zero-order valence-electron chi connectivity index (χ0n) is 24.4. The zero-order valence-corrected chi connectivity index (χ0v) is 24.4. The highest BCUT2D eigenvalue weighted by molar-refractivity contribution is 6.04. The van der Waals surface area contributed by atoms with Gasteiger partial charge in [-0.1, -0.05) is 128 Å². The zero-order chi connectivity index (χ0) is 28.0. The Morgan fingerprint density at radius 3 is 1.21 bits per heavy atom. The minimum Gasteiger partial charge on any atom is -0.493 e. The van der Waals surface area contributed by atoms with Crippen molar-refractivity contribution < 1.29 is 23.8 Å². The van der Waals surface area contributed by atoms with Crippen molar-refractivity contribution in [2.45, 2.75) is 117 Å². The van der Waals surface area contributed by atoms with Crippen molar-refractivity contribution in [1.29, 1.82) is 0 Å². The number of para-hydroxylation sites is 2. The Kier molecular flexibility index (Phi) is 17.5. The molecule has 0 amide bonds. The van der Waals surface area contributed by atoms with Crippen molar-refractivity contribution in [1.82, 2.24) is 0 Å². The lowest BCUT2D eigenvalue weighted by molar-refractivity contribution is 0.0392. The minimum atomic E-state index is -0.718. The van der Waals surface area contributed by atoms with Crippen molar-refractivity contribution in [3.8, 4) is 11.5 Å².